The Kier molecular flexibility index (Phi) is 2.93. The van der Waals surface area contributed by atoms with Gasteiger partial charge >= 0.3 is 0 Å². The van der Waals surface area contributed by atoms with E-state index in [9.17, 15) is 0 Å². The summed E-state index contributed by atoms with van der Waals surface area (Å²) in [5.41, 5.74) is 5.62. The first kappa shape index (κ1) is 10.3. The number of nitrogen functional groups attached to an aromatic ring is 1. The molecule has 1 aromatic heterocycles. The van der Waals surface area contributed by atoms with Crippen molar-refractivity contribution >= 4 is 18.2 Å². The van der Waals surface area contributed by atoms with E-state index in [1.807, 2.05) is 0 Å². The number of rotatable bonds is 0. The fourth-order valence-electron chi connectivity index (χ4n) is 0.874. The third-order valence-electron chi connectivity index (χ3n) is 1.31. The summed E-state index contributed by atoms with van der Waals surface area (Å²) >= 11 is 0. The summed E-state index contributed by atoms with van der Waals surface area (Å²) in [5, 5.41) is 4.08. The van der Waals surface area contributed by atoms with Gasteiger partial charge in [0.15, 0.2) is 0 Å². The van der Waals surface area contributed by atoms with Crippen LogP contribution in [0.1, 0.15) is 20.8 Å². The molecule has 0 saturated carbocycles. The third-order valence-corrected chi connectivity index (χ3v) is 1.31. The molecule has 1 rings (SSSR count). The lowest BCUT2D eigenvalue weighted by molar-refractivity contribution is 0.361. The summed E-state index contributed by atoms with van der Waals surface area (Å²) in [6.07, 6.45) is 1.71. The van der Waals surface area contributed by atoms with Crippen LogP contribution in [0.25, 0.3) is 0 Å². The molecule has 3 nitrogen and oxygen atoms in total. The summed E-state index contributed by atoms with van der Waals surface area (Å²) < 4.78 is 1.80. The molecule has 4 heteroatoms. The molecule has 0 atom stereocenters. The van der Waals surface area contributed by atoms with Gasteiger partial charge in [-0.2, -0.15) is 5.10 Å². The number of anilines is 1. The Morgan fingerprint density at radius 2 is 2.00 bits per heavy atom. The average molecular weight is 176 g/mol. The highest BCUT2D eigenvalue weighted by atomic mass is 35.5. The zero-order chi connectivity index (χ0) is 7.78. The zero-order valence-corrected chi connectivity index (χ0v) is 7.85. The largest absolute Gasteiger partial charge is 0.384 e. The van der Waals surface area contributed by atoms with Crippen molar-refractivity contribution in [3.8, 4) is 0 Å². The lowest BCUT2D eigenvalue weighted by Gasteiger charge is -2.20. The van der Waals surface area contributed by atoms with Crippen molar-refractivity contribution < 1.29 is 0 Å². The Morgan fingerprint density at radius 3 is 2.18 bits per heavy atom. The van der Waals surface area contributed by atoms with Crippen molar-refractivity contribution in [2.24, 2.45) is 0 Å². The second-order valence-electron chi connectivity index (χ2n) is 3.34. The molecule has 64 valence electrons. The molecule has 2 N–H and O–H groups in total. The van der Waals surface area contributed by atoms with Crippen molar-refractivity contribution in [1.82, 2.24) is 9.78 Å². The van der Waals surface area contributed by atoms with Crippen LogP contribution in [0.2, 0.25) is 0 Å². The van der Waals surface area contributed by atoms with Gasteiger partial charge < -0.3 is 5.73 Å². The van der Waals surface area contributed by atoms with Crippen LogP contribution in [0.15, 0.2) is 12.3 Å². The van der Waals surface area contributed by atoms with E-state index >= 15 is 0 Å². The molecule has 1 heterocycles. The summed E-state index contributed by atoms with van der Waals surface area (Å²) in [7, 11) is 0. The maximum atomic E-state index is 5.63. The molecule has 0 aliphatic carbocycles. The Balaban J connectivity index is 0.000001000. The highest BCUT2D eigenvalue weighted by molar-refractivity contribution is 5.85. The van der Waals surface area contributed by atoms with Crippen LogP contribution < -0.4 is 5.73 Å². The molecule has 0 radical (unpaired) electrons. The number of halogens is 1. The van der Waals surface area contributed by atoms with Crippen molar-refractivity contribution in [3.05, 3.63) is 12.3 Å². The molecular formula is C7H14ClN3. The highest BCUT2D eigenvalue weighted by Crippen LogP contribution is 2.15. The first-order valence-corrected chi connectivity index (χ1v) is 3.32. The minimum absolute atomic E-state index is 0. The van der Waals surface area contributed by atoms with Gasteiger partial charge in [0.25, 0.3) is 0 Å². The smallest absolute Gasteiger partial charge is 0.122 e. The first-order valence-electron chi connectivity index (χ1n) is 3.32. The van der Waals surface area contributed by atoms with Gasteiger partial charge in [0.1, 0.15) is 5.82 Å². The normalized spacial score (nSPS) is 10.8. The fourth-order valence-corrected chi connectivity index (χ4v) is 0.874. The van der Waals surface area contributed by atoms with Crippen LogP contribution in [-0.2, 0) is 5.54 Å². The molecule has 0 unspecified atom stereocenters. The number of hydrogen-bond acceptors (Lipinski definition) is 2. The van der Waals surface area contributed by atoms with Crippen molar-refractivity contribution in [3.63, 3.8) is 0 Å². The van der Waals surface area contributed by atoms with Crippen LogP contribution in [-0.4, -0.2) is 9.78 Å². The molecule has 0 aliphatic heterocycles. The Morgan fingerprint density at radius 1 is 1.45 bits per heavy atom. The predicted octanol–water partition coefficient (Wildman–Crippen LogP) is 1.64. The van der Waals surface area contributed by atoms with E-state index in [2.05, 4.69) is 25.9 Å². The van der Waals surface area contributed by atoms with Gasteiger partial charge in [-0.3, -0.25) is 0 Å². The lowest BCUT2D eigenvalue weighted by Crippen LogP contribution is -2.24. The number of nitrogens with zero attached hydrogens (tertiary/aromatic N) is 2. The van der Waals surface area contributed by atoms with E-state index in [1.165, 1.54) is 0 Å². The lowest BCUT2D eigenvalue weighted by atomic mass is 10.1. The Labute approximate surface area is 73.0 Å². The summed E-state index contributed by atoms with van der Waals surface area (Å²) in [4.78, 5) is 0. The van der Waals surface area contributed by atoms with E-state index in [0.717, 1.165) is 0 Å². The van der Waals surface area contributed by atoms with Crippen molar-refractivity contribution in [2.75, 3.05) is 5.73 Å². The van der Waals surface area contributed by atoms with E-state index in [1.54, 1.807) is 16.9 Å². The molecule has 0 spiro atoms. The zero-order valence-electron chi connectivity index (χ0n) is 7.03. The molecule has 0 amide bonds. The molecule has 0 fully saturated rings. The molecule has 1 aromatic rings. The SMILES string of the molecule is CC(C)(C)n1nccc1N.Cl. The number of nitrogens with two attached hydrogens (primary N) is 1. The number of hydrogen-bond donors (Lipinski definition) is 1. The second kappa shape index (κ2) is 3.13. The van der Waals surface area contributed by atoms with Gasteiger partial charge in [0, 0.05) is 0 Å². The van der Waals surface area contributed by atoms with Crippen molar-refractivity contribution in [2.45, 2.75) is 26.3 Å². The molecule has 11 heavy (non-hydrogen) atoms. The van der Waals surface area contributed by atoms with Crippen LogP contribution in [0.4, 0.5) is 5.82 Å². The van der Waals surface area contributed by atoms with Crippen LogP contribution >= 0.6 is 12.4 Å². The topological polar surface area (TPSA) is 43.8 Å². The summed E-state index contributed by atoms with van der Waals surface area (Å²) in [6, 6.07) is 1.80. The van der Waals surface area contributed by atoms with E-state index in [4.69, 9.17) is 5.73 Å². The van der Waals surface area contributed by atoms with E-state index < -0.39 is 0 Å². The quantitative estimate of drug-likeness (QED) is 0.652. The minimum Gasteiger partial charge on any atom is -0.384 e. The molecule has 0 saturated heterocycles. The van der Waals surface area contributed by atoms with Gasteiger partial charge in [0.2, 0.25) is 0 Å². The highest BCUT2D eigenvalue weighted by Gasteiger charge is 2.14. The van der Waals surface area contributed by atoms with E-state index in [0.29, 0.717) is 5.82 Å². The van der Waals surface area contributed by atoms with Crippen LogP contribution in [0.5, 0.6) is 0 Å². The Bertz CT molecular complexity index is 224. The van der Waals surface area contributed by atoms with Gasteiger partial charge in [-0.05, 0) is 26.8 Å². The number of aromatic nitrogens is 2. The molecule has 0 aromatic carbocycles. The monoisotopic (exact) mass is 175 g/mol. The Hall–Kier alpha value is -0.700. The predicted molar refractivity (Wildman–Crippen MR) is 48.9 cm³/mol. The van der Waals surface area contributed by atoms with Crippen LogP contribution in [0, 0.1) is 0 Å². The van der Waals surface area contributed by atoms with Crippen LogP contribution in [0.3, 0.4) is 0 Å². The van der Waals surface area contributed by atoms with Crippen molar-refractivity contribution in [1.29, 1.82) is 0 Å². The van der Waals surface area contributed by atoms with Gasteiger partial charge in [-0.25, -0.2) is 4.68 Å². The average Bonchev–Trinajstić information content (AvgIpc) is 2.11. The standard InChI is InChI=1S/C7H13N3.ClH/c1-7(2,3)10-6(8)4-5-9-10;/h4-5H,8H2,1-3H3;1H. The molecular weight excluding hydrogens is 162 g/mol. The van der Waals surface area contributed by atoms with Gasteiger partial charge in [-0.1, -0.05) is 0 Å². The maximum absolute atomic E-state index is 5.63. The first-order chi connectivity index (χ1) is 4.52. The fraction of sp³-hybridized carbons (Fsp3) is 0.571. The summed E-state index contributed by atoms with van der Waals surface area (Å²) in [5.74, 6) is 0.715. The van der Waals surface area contributed by atoms with E-state index in [-0.39, 0.29) is 17.9 Å². The third kappa shape index (κ3) is 2.12. The molecule has 0 bridgehead atoms. The van der Waals surface area contributed by atoms with Gasteiger partial charge in [0.05, 0.1) is 11.7 Å². The maximum Gasteiger partial charge on any atom is 0.122 e. The molecule has 0 aliphatic rings. The summed E-state index contributed by atoms with van der Waals surface area (Å²) in [6.45, 7) is 6.20. The van der Waals surface area contributed by atoms with Gasteiger partial charge in [-0.15, -0.1) is 12.4 Å². The second-order valence-corrected chi connectivity index (χ2v) is 3.34. The minimum atomic E-state index is -0.00637.